The molecular formula is C31H37N5O4. The summed E-state index contributed by atoms with van der Waals surface area (Å²) in [5.74, 6) is 0.272. The number of aryl methyl sites for hydroxylation is 2. The number of benzene rings is 2. The smallest absolute Gasteiger partial charge is 0.262 e. The molecule has 3 heterocycles. The Balaban J connectivity index is 1.40. The number of aromatic nitrogens is 1. The van der Waals surface area contributed by atoms with Crippen LogP contribution in [-0.4, -0.2) is 89.9 Å². The monoisotopic (exact) mass is 543 g/mol. The van der Waals surface area contributed by atoms with E-state index in [1.54, 1.807) is 41.3 Å². The van der Waals surface area contributed by atoms with E-state index in [1.165, 1.54) is 0 Å². The van der Waals surface area contributed by atoms with Gasteiger partial charge in [0.2, 0.25) is 0 Å². The van der Waals surface area contributed by atoms with Crippen LogP contribution in [0.15, 0.2) is 72.0 Å². The summed E-state index contributed by atoms with van der Waals surface area (Å²) in [6.07, 6.45) is 2.58. The predicted octanol–water partition coefficient (Wildman–Crippen LogP) is 3.49. The summed E-state index contributed by atoms with van der Waals surface area (Å²) in [6.45, 7) is 6.04. The number of methoxy groups -OCH3 is 1. The SMILES string of the molecule is COc1ccc(C(=O)N(CCN2CCOCC2)CC(=O)N2N=C(c3cccn3C)CC2c2ccc(C)cc2)cc1. The van der Waals surface area contributed by atoms with Crippen LogP contribution in [0.1, 0.15) is 39.6 Å². The Hall–Kier alpha value is -3.95. The van der Waals surface area contributed by atoms with Crippen molar-refractivity contribution < 1.29 is 19.1 Å². The van der Waals surface area contributed by atoms with Gasteiger partial charge in [-0.1, -0.05) is 29.8 Å². The van der Waals surface area contributed by atoms with E-state index >= 15 is 0 Å². The Morgan fingerprint density at radius 2 is 1.77 bits per heavy atom. The first-order valence-corrected chi connectivity index (χ1v) is 13.7. The third kappa shape index (κ3) is 6.26. The number of hydrazone groups is 1. The van der Waals surface area contributed by atoms with Crippen LogP contribution >= 0.6 is 0 Å². The van der Waals surface area contributed by atoms with Crippen molar-refractivity contribution in [1.82, 2.24) is 19.4 Å². The van der Waals surface area contributed by atoms with E-state index in [4.69, 9.17) is 14.6 Å². The van der Waals surface area contributed by atoms with Gasteiger partial charge in [0, 0.05) is 51.4 Å². The Kier molecular flexibility index (Phi) is 8.62. The zero-order valence-corrected chi connectivity index (χ0v) is 23.5. The molecule has 210 valence electrons. The highest BCUT2D eigenvalue weighted by molar-refractivity contribution is 6.02. The number of carbonyl (C=O) groups excluding carboxylic acids is 2. The van der Waals surface area contributed by atoms with Gasteiger partial charge in [-0.25, -0.2) is 5.01 Å². The van der Waals surface area contributed by atoms with Gasteiger partial charge in [-0.15, -0.1) is 0 Å². The average molecular weight is 544 g/mol. The molecule has 1 aromatic heterocycles. The van der Waals surface area contributed by atoms with E-state index in [0.29, 0.717) is 44.0 Å². The minimum absolute atomic E-state index is 0.0680. The molecule has 1 atom stereocenters. The second-order valence-corrected chi connectivity index (χ2v) is 10.3. The minimum Gasteiger partial charge on any atom is -0.497 e. The van der Waals surface area contributed by atoms with Crippen molar-refractivity contribution >= 4 is 17.5 Å². The van der Waals surface area contributed by atoms with Crippen LogP contribution in [0.5, 0.6) is 5.75 Å². The topological polar surface area (TPSA) is 79.6 Å². The lowest BCUT2D eigenvalue weighted by Gasteiger charge is -2.31. The molecule has 2 aliphatic heterocycles. The molecule has 0 aliphatic carbocycles. The first-order valence-electron chi connectivity index (χ1n) is 13.7. The molecular weight excluding hydrogens is 506 g/mol. The molecule has 0 bridgehead atoms. The molecule has 0 saturated carbocycles. The molecule has 2 amide bonds. The molecule has 2 aromatic carbocycles. The maximum atomic E-state index is 14.0. The van der Waals surface area contributed by atoms with Crippen LogP contribution in [0.3, 0.4) is 0 Å². The van der Waals surface area contributed by atoms with Crippen LogP contribution in [-0.2, 0) is 16.6 Å². The molecule has 0 spiro atoms. The predicted molar refractivity (Wildman–Crippen MR) is 153 cm³/mol. The van der Waals surface area contributed by atoms with Crippen molar-refractivity contribution in [3.63, 3.8) is 0 Å². The molecule has 40 heavy (non-hydrogen) atoms. The zero-order valence-electron chi connectivity index (χ0n) is 23.5. The summed E-state index contributed by atoms with van der Waals surface area (Å²) in [6, 6.07) is 19.0. The van der Waals surface area contributed by atoms with E-state index in [9.17, 15) is 9.59 Å². The second kappa shape index (κ2) is 12.5. The lowest BCUT2D eigenvalue weighted by Crippen LogP contribution is -2.46. The lowest BCUT2D eigenvalue weighted by atomic mass is 9.99. The van der Waals surface area contributed by atoms with Gasteiger partial charge in [0.15, 0.2) is 0 Å². The van der Waals surface area contributed by atoms with Crippen molar-refractivity contribution in [3.05, 3.63) is 89.2 Å². The fourth-order valence-corrected chi connectivity index (χ4v) is 5.20. The van der Waals surface area contributed by atoms with Crippen LogP contribution in [0.25, 0.3) is 0 Å². The number of nitrogens with zero attached hydrogens (tertiary/aromatic N) is 5. The molecule has 3 aromatic rings. The van der Waals surface area contributed by atoms with Gasteiger partial charge in [-0.05, 0) is 48.9 Å². The summed E-state index contributed by atoms with van der Waals surface area (Å²) in [7, 11) is 3.57. The van der Waals surface area contributed by atoms with Gasteiger partial charge in [0.25, 0.3) is 11.8 Å². The van der Waals surface area contributed by atoms with Gasteiger partial charge in [0.05, 0.1) is 37.8 Å². The number of ether oxygens (including phenoxy) is 2. The van der Waals surface area contributed by atoms with Crippen molar-refractivity contribution in [2.24, 2.45) is 12.1 Å². The van der Waals surface area contributed by atoms with Crippen LogP contribution in [0.4, 0.5) is 0 Å². The van der Waals surface area contributed by atoms with E-state index in [0.717, 1.165) is 35.6 Å². The van der Waals surface area contributed by atoms with Crippen molar-refractivity contribution in [2.45, 2.75) is 19.4 Å². The van der Waals surface area contributed by atoms with Gasteiger partial charge < -0.3 is 18.9 Å². The number of rotatable bonds is 9. The molecule has 2 aliphatic rings. The van der Waals surface area contributed by atoms with E-state index in [1.807, 2.05) is 36.9 Å². The van der Waals surface area contributed by atoms with E-state index < -0.39 is 0 Å². The highest BCUT2D eigenvalue weighted by Crippen LogP contribution is 2.33. The molecule has 1 unspecified atom stereocenters. The number of hydrogen-bond acceptors (Lipinski definition) is 6. The molecule has 0 N–H and O–H groups in total. The van der Waals surface area contributed by atoms with Crippen molar-refractivity contribution in [1.29, 1.82) is 0 Å². The quantitative estimate of drug-likeness (QED) is 0.413. The van der Waals surface area contributed by atoms with E-state index in [-0.39, 0.29) is 24.4 Å². The largest absolute Gasteiger partial charge is 0.497 e. The average Bonchev–Trinajstić information content (AvgIpc) is 3.62. The molecule has 0 radical (unpaired) electrons. The third-order valence-electron chi connectivity index (χ3n) is 7.61. The highest BCUT2D eigenvalue weighted by atomic mass is 16.5. The number of amides is 2. The third-order valence-corrected chi connectivity index (χ3v) is 7.61. The first-order chi connectivity index (χ1) is 19.4. The van der Waals surface area contributed by atoms with Gasteiger partial charge in [-0.2, -0.15) is 5.10 Å². The number of hydrogen-bond donors (Lipinski definition) is 0. The fourth-order valence-electron chi connectivity index (χ4n) is 5.20. The van der Waals surface area contributed by atoms with Gasteiger partial charge >= 0.3 is 0 Å². The summed E-state index contributed by atoms with van der Waals surface area (Å²) in [5, 5.41) is 6.41. The summed E-state index contributed by atoms with van der Waals surface area (Å²) in [5.41, 5.74) is 4.52. The number of carbonyl (C=O) groups is 2. The Morgan fingerprint density at radius 3 is 2.42 bits per heavy atom. The standard InChI is InChI=1S/C31H37N5O4/c1-23-6-8-24(9-7-23)29-21-27(28-5-4-14-33(28)2)32-36(29)30(37)22-35(16-15-34-17-19-40-20-18-34)31(38)25-10-12-26(39-3)13-11-25/h4-14,29H,15-22H2,1-3H3. The summed E-state index contributed by atoms with van der Waals surface area (Å²) in [4.78, 5) is 31.5. The van der Waals surface area contributed by atoms with Crippen LogP contribution < -0.4 is 4.74 Å². The fraction of sp³-hybridized carbons (Fsp3) is 0.387. The minimum atomic E-state index is -0.241. The van der Waals surface area contributed by atoms with E-state index in [2.05, 4.69) is 29.2 Å². The normalized spacial score (nSPS) is 17.5. The van der Waals surface area contributed by atoms with Gasteiger partial charge in [-0.3, -0.25) is 14.5 Å². The maximum Gasteiger partial charge on any atom is 0.262 e. The number of morpholine rings is 1. The van der Waals surface area contributed by atoms with Crippen molar-refractivity contribution in [2.75, 3.05) is 53.0 Å². The first kappa shape index (κ1) is 27.6. The molecule has 9 heteroatoms. The Bertz CT molecular complexity index is 1340. The lowest BCUT2D eigenvalue weighted by molar-refractivity contribution is -0.133. The molecule has 1 fully saturated rings. The molecule has 9 nitrogen and oxygen atoms in total. The van der Waals surface area contributed by atoms with Crippen LogP contribution in [0.2, 0.25) is 0 Å². The Morgan fingerprint density at radius 1 is 1.05 bits per heavy atom. The molecule has 1 saturated heterocycles. The maximum absolute atomic E-state index is 14.0. The highest BCUT2D eigenvalue weighted by Gasteiger charge is 2.35. The molecule has 5 rings (SSSR count). The zero-order chi connectivity index (χ0) is 28.1. The Labute approximate surface area is 235 Å². The summed E-state index contributed by atoms with van der Waals surface area (Å²) < 4.78 is 12.7. The van der Waals surface area contributed by atoms with Crippen molar-refractivity contribution in [3.8, 4) is 5.75 Å². The van der Waals surface area contributed by atoms with Crippen LogP contribution in [0, 0.1) is 6.92 Å². The summed E-state index contributed by atoms with van der Waals surface area (Å²) >= 11 is 0. The van der Waals surface area contributed by atoms with Gasteiger partial charge in [0.1, 0.15) is 12.3 Å². The second-order valence-electron chi connectivity index (χ2n) is 10.3.